The number of unbranched alkanes of at least 4 members (excludes halogenated alkanes) is 1. The summed E-state index contributed by atoms with van der Waals surface area (Å²) in [6.07, 6.45) is -3.80. The average molecular weight is 392 g/mol. The first-order valence-electron chi connectivity index (χ1n) is 6.10. The summed E-state index contributed by atoms with van der Waals surface area (Å²) >= 11 is 2.87. The molecule has 1 aromatic carbocycles. The molecule has 0 amide bonds. The molecule has 0 spiro atoms. The lowest BCUT2D eigenvalue weighted by molar-refractivity contribution is -0.136. The summed E-state index contributed by atoms with van der Waals surface area (Å²) in [4.78, 5) is -0.385. The topological polar surface area (TPSA) is 37.4 Å². The van der Waals surface area contributed by atoms with Crippen LogP contribution in [-0.4, -0.2) is 32.0 Å². The van der Waals surface area contributed by atoms with Gasteiger partial charge in [0.1, 0.15) is 12.4 Å². The molecule has 0 N–H and O–H groups in total. The van der Waals surface area contributed by atoms with Gasteiger partial charge in [0.25, 0.3) is 0 Å². The van der Waals surface area contributed by atoms with Crippen LogP contribution in [0.1, 0.15) is 19.8 Å². The number of alkyl halides is 3. The van der Waals surface area contributed by atoms with Crippen LogP contribution in [0.5, 0.6) is 0 Å². The van der Waals surface area contributed by atoms with Gasteiger partial charge in [0.2, 0.25) is 10.0 Å². The van der Waals surface area contributed by atoms with Crippen molar-refractivity contribution in [3.05, 3.63) is 28.5 Å². The van der Waals surface area contributed by atoms with Crippen molar-refractivity contribution in [2.24, 2.45) is 0 Å². The van der Waals surface area contributed by atoms with Gasteiger partial charge in [0, 0.05) is 11.0 Å². The summed E-state index contributed by atoms with van der Waals surface area (Å²) in [7, 11) is -4.35. The lowest BCUT2D eigenvalue weighted by Crippen LogP contribution is -2.39. The van der Waals surface area contributed by atoms with Gasteiger partial charge in [-0.25, -0.2) is 12.8 Å². The summed E-state index contributed by atoms with van der Waals surface area (Å²) in [5, 5.41) is 0. The highest BCUT2D eigenvalue weighted by molar-refractivity contribution is 9.10. The smallest absolute Gasteiger partial charge is 0.207 e. The first-order valence-corrected chi connectivity index (χ1v) is 8.33. The molecular weight excluding hydrogens is 378 g/mol. The third-order valence-corrected chi connectivity index (χ3v) is 5.45. The fourth-order valence-corrected chi connectivity index (χ4v) is 4.12. The van der Waals surface area contributed by atoms with Crippen molar-refractivity contribution in [2.45, 2.75) is 30.8 Å². The van der Waals surface area contributed by atoms with Crippen molar-refractivity contribution in [1.29, 1.82) is 0 Å². The Morgan fingerprint density at radius 2 is 1.90 bits per heavy atom. The van der Waals surface area contributed by atoms with E-state index in [9.17, 15) is 26.0 Å². The summed E-state index contributed by atoms with van der Waals surface area (Å²) in [5.74, 6) is -0.684. The van der Waals surface area contributed by atoms with E-state index >= 15 is 0 Å². The van der Waals surface area contributed by atoms with E-state index in [0.29, 0.717) is 17.1 Å². The molecule has 0 aromatic heterocycles. The van der Waals surface area contributed by atoms with Crippen LogP contribution in [0, 0.1) is 5.82 Å². The van der Waals surface area contributed by atoms with Crippen LogP contribution in [0.2, 0.25) is 0 Å². The van der Waals surface area contributed by atoms with Crippen LogP contribution in [0.25, 0.3) is 0 Å². The molecule has 0 unspecified atom stereocenters. The molecule has 3 nitrogen and oxygen atoms in total. The van der Waals surface area contributed by atoms with Gasteiger partial charge < -0.3 is 0 Å². The number of sulfonamides is 1. The van der Waals surface area contributed by atoms with E-state index < -0.39 is 28.6 Å². The van der Waals surface area contributed by atoms with E-state index in [1.807, 2.05) is 0 Å². The maximum atomic E-state index is 13.0. The molecule has 0 heterocycles. The molecule has 0 aliphatic rings. The molecule has 0 aliphatic carbocycles. The van der Waals surface area contributed by atoms with Gasteiger partial charge in [-0.2, -0.15) is 17.5 Å². The highest BCUT2D eigenvalue weighted by atomic mass is 79.9. The van der Waals surface area contributed by atoms with Crippen LogP contribution < -0.4 is 0 Å². The van der Waals surface area contributed by atoms with E-state index in [4.69, 9.17) is 0 Å². The van der Waals surface area contributed by atoms with Crippen molar-refractivity contribution in [3.63, 3.8) is 0 Å². The molecule has 0 saturated heterocycles. The third-order valence-electron chi connectivity index (χ3n) is 2.63. The second kappa shape index (κ2) is 7.06. The van der Waals surface area contributed by atoms with E-state index in [2.05, 4.69) is 15.9 Å². The van der Waals surface area contributed by atoms with Gasteiger partial charge in [-0.3, -0.25) is 0 Å². The van der Waals surface area contributed by atoms with Crippen LogP contribution in [-0.2, 0) is 10.0 Å². The zero-order valence-corrected chi connectivity index (χ0v) is 13.5. The lowest BCUT2D eigenvalue weighted by Gasteiger charge is -2.23. The molecule has 0 fully saturated rings. The molecule has 0 aliphatic heterocycles. The summed E-state index contributed by atoms with van der Waals surface area (Å²) in [6.45, 7) is -0.0759. The van der Waals surface area contributed by atoms with Crippen molar-refractivity contribution in [3.8, 4) is 0 Å². The van der Waals surface area contributed by atoms with Gasteiger partial charge in [-0.15, -0.1) is 0 Å². The van der Waals surface area contributed by atoms with Gasteiger partial charge in [0.05, 0.1) is 4.90 Å². The molecule has 0 radical (unpaired) electrons. The summed E-state index contributed by atoms with van der Waals surface area (Å²) in [5.41, 5.74) is 0. The Morgan fingerprint density at radius 1 is 1.29 bits per heavy atom. The molecule has 0 atom stereocenters. The number of rotatable bonds is 6. The maximum absolute atomic E-state index is 13.0. The van der Waals surface area contributed by atoms with Crippen molar-refractivity contribution >= 4 is 26.0 Å². The Kier molecular flexibility index (Phi) is 6.18. The minimum absolute atomic E-state index is 0.105. The monoisotopic (exact) mass is 391 g/mol. The molecule has 1 aromatic rings. The summed E-state index contributed by atoms with van der Waals surface area (Å²) in [6, 6.07) is 2.74. The quantitative estimate of drug-likeness (QED) is 0.688. The minimum Gasteiger partial charge on any atom is -0.207 e. The van der Waals surface area contributed by atoms with Crippen molar-refractivity contribution in [2.75, 3.05) is 13.1 Å². The molecule has 21 heavy (non-hydrogen) atoms. The van der Waals surface area contributed by atoms with Crippen LogP contribution in [0.3, 0.4) is 0 Å². The predicted molar refractivity (Wildman–Crippen MR) is 73.8 cm³/mol. The highest BCUT2D eigenvalue weighted by Gasteiger charge is 2.37. The van der Waals surface area contributed by atoms with E-state index in [1.165, 1.54) is 0 Å². The number of nitrogens with zero attached hydrogens (tertiary/aromatic N) is 1. The van der Waals surface area contributed by atoms with Gasteiger partial charge in [-0.05, 0) is 40.5 Å². The predicted octanol–water partition coefficient (Wildman–Crippen LogP) is 3.94. The van der Waals surface area contributed by atoms with Crippen LogP contribution in [0.15, 0.2) is 27.6 Å². The molecule has 0 bridgehead atoms. The first kappa shape index (κ1) is 18.4. The highest BCUT2D eigenvalue weighted by Crippen LogP contribution is 2.28. The molecular formula is C12H14BrF4NO2S. The second-order valence-corrected chi connectivity index (χ2v) is 7.14. The van der Waals surface area contributed by atoms with Gasteiger partial charge in [0.15, 0.2) is 0 Å². The summed E-state index contributed by atoms with van der Waals surface area (Å²) < 4.78 is 75.6. The normalized spacial score (nSPS) is 12.9. The van der Waals surface area contributed by atoms with Crippen molar-refractivity contribution in [1.82, 2.24) is 4.31 Å². The SMILES string of the molecule is CCCCN(CC(F)(F)F)S(=O)(=O)c1ccc(F)cc1Br. The fourth-order valence-electron chi connectivity index (χ4n) is 1.64. The number of benzene rings is 1. The van der Waals surface area contributed by atoms with Gasteiger partial charge in [-0.1, -0.05) is 13.3 Å². The van der Waals surface area contributed by atoms with E-state index in [-0.39, 0.29) is 15.9 Å². The van der Waals surface area contributed by atoms with Gasteiger partial charge >= 0.3 is 6.18 Å². The zero-order valence-electron chi connectivity index (χ0n) is 11.1. The third kappa shape index (κ3) is 5.23. The zero-order chi connectivity index (χ0) is 16.3. The van der Waals surface area contributed by atoms with Crippen LogP contribution in [0.4, 0.5) is 17.6 Å². The van der Waals surface area contributed by atoms with Crippen LogP contribution >= 0.6 is 15.9 Å². The maximum Gasteiger partial charge on any atom is 0.402 e. The standard InChI is InChI=1S/C12H14BrF4NO2S/c1-2-3-6-18(8-12(15,16)17)21(19,20)11-5-4-9(14)7-10(11)13/h4-5,7H,2-3,6,8H2,1H3. The molecule has 9 heteroatoms. The Balaban J connectivity index is 3.19. The minimum atomic E-state index is -4.65. The fraction of sp³-hybridized carbons (Fsp3) is 0.500. The number of hydrogen-bond donors (Lipinski definition) is 0. The number of hydrogen-bond acceptors (Lipinski definition) is 2. The number of halogens is 5. The molecule has 0 saturated carbocycles. The largest absolute Gasteiger partial charge is 0.402 e. The van der Waals surface area contributed by atoms with E-state index in [1.54, 1.807) is 6.92 Å². The molecule has 120 valence electrons. The Morgan fingerprint density at radius 3 is 2.38 bits per heavy atom. The lowest BCUT2D eigenvalue weighted by atomic mass is 10.3. The Bertz CT molecular complexity index is 589. The molecule has 1 rings (SSSR count). The first-order chi connectivity index (χ1) is 9.58. The Labute approximate surface area is 129 Å². The average Bonchev–Trinajstić information content (AvgIpc) is 2.32. The van der Waals surface area contributed by atoms with Crippen molar-refractivity contribution < 1.29 is 26.0 Å². The Hall–Kier alpha value is -0.670. The second-order valence-electron chi connectivity index (χ2n) is 4.38. The van der Waals surface area contributed by atoms with E-state index in [0.717, 1.165) is 18.2 Å².